The average molecular weight is 274 g/mol. The summed E-state index contributed by atoms with van der Waals surface area (Å²) in [5, 5.41) is 16.8. The normalized spacial score (nSPS) is 12.3. The van der Waals surface area contributed by atoms with E-state index in [9.17, 15) is 4.79 Å². The van der Waals surface area contributed by atoms with E-state index in [-0.39, 0.29) is 12.3 Å². The van der Waals surface area contributed by atoms with Crippen LogP contribution in [-0.4, -0.2) is 21.3 Å². The van der Waals surface area contributed by atoms with Crippen LogP contribution < -0.4 is 0 Å². The molecule has 2 rings (SSSR count). The SMILES string of the molecule is Cc1ccc(C)c(-c2nnc(CC(C)CC(=O)O)o2)c1. The van der Waals surface area contributed by atoms with Gasteiger partial charge in [-0.1, -0.05) is 24.6 Å². The van der Waals surface area contributed by atoms with Crippen LogP contribution in [0.5, 0.6) is 0 Å². The van der Waals surface area contributed by atoms with Crippen molar-refractivity contribution in [2.45, 2.75) is 33.6 Å². The summed E-state index contributed by atoms with van der Waals surface area (Å²) in [5.41, 5.74) is 3.13. The molecule has 0 saturated carbocycles. The Labute approximate surface area is 117 Å². The molecule has 0 aliphatic carbocycles. The molecule has 20 heavy (non-hydrogen) atoms. The summed E-state index contributed by atoms with van der Waals surface area (Å²) in [4.78, 5) is 10.6. The van der Waals surface area contributed by atoms with Crippen LogP contribution in [0.1, 0.15) is 30.4 Å². The van der Waals surface area contributed by atoms with E-state index in [1.807, 2.05) is 39.0 Å². The van der Waals surface area contributed by atoms with E-state index in [4.69, 9.17) is 9.52 Å². The molecular formula is C15H18N2O3. The van der Waals surface area contributed by atoms with Gasteiger partial charge in [-0.15, -0.1) is 10.2 Å². The Hall–Kier alpha value is -2.17. The minimum atomic E-state index is -0.813. The number of nitrogens with zero attached hydrogens (tertiary/aromatic N) is 2. The van der Waals surface area contributed by atoms with E-state index in [0.29, 0.717) is 18.2 Å². The minimum absolute atomic E-state index is 0.0283. The van der Waals surface area contributed by atoms with Gasteiger partial charge in [0, 0.05) is 18.4 Å². The predicted molar refractivity (Wildman–Crippen MR) is 74.3 cm³/mol. The van der Waals surface area contributed by atoms with Crippen LogP contribution in [0.15, 0.2) is 22.6 Å². The smallest absolute Gasteiger partial charge is 0.303 e. The van der Waals surface area contributed by atoms with E-state index in [0.717, 1.165) is 16.7 Å². The van der Waals surface area contributed by atoms with Crippen molar-refractivity contribution in [3.05, 3.63) is 35.2 Å². The molecule has 0 fully saturated rings. The molecule has 1 heterocycles. The molecule has 0 aliphatic heterocycles. The third-order valence-electron chi connectivity index (χ3n) is 3.14. The fourth-order valence-electron chi connectivity index (χ4n) is 2.08. The van der Waals surface area contributed by atoms with Gasteiger partial charge in [-0.2, -0.15) is 0 Å². The molecule has 1 unspecified atom stereocenters. The molecule has 5 heteroatoms. The summed E-state index contributed by atoms with van der Waals surface area (Å²) in [5.74, 6) is 0.129. The van der Waals surface area contributed by atoms with Crippen LogP contribution in [0.3, 0.4) is 0 Å². The van der Waals surface area contributed by atoms with Crippen LogP contribution in [0, 0.1) is 19.8 Å². The van der Waals surface area contributed by atoms with Crippen molar-refractivity contribution in [1.82, 2.24) is 10.2 Å². The number of aryl methyl sites for hydroxylation is 2. The van der Waals surface area contributed by atoms with E-state index in [1.165, 1.54) is 0 Å². The molecule has 1 aromatic carbocycles. The van der Waals surface area contributed by atoms with Gasteiger partial charge < -0.3 is 9.52 Å². The first-order valence-corrected chi connectivity index (χ1v) is 6.57. The molecule has 1 atom stereocenters. The zero-order chi connectivity index (χ0) is 14.7. The second kappa shape index (κ2) is 5.86. The number of aromatic nitrogens is 2. The van der Waals surface area contributed by atoms with E-state index < -0.39 is 5.97 Å². The Bertz CT molecular complexity index is 619. The highest BCUT2D eigenvalue weighted by molar-refractivity contribution is 5.67. The second-order valence-electron chi connectivity index (χ2n) is 5.23. The molecule has 0 spiro atoms. The molecule has 0 saturated heterocycles. The lowest BCUT2D eigenvalue weighted by molar-refractivity contribution is -0.137. The Morgan fingerprint density at radius 2 is 2.10 bits per heavy atom. The average Bonchev–Trinajstić information content (AvgIpc) is 2.79. The Balaban J connectivity index is 2.16. The Morgan fingerprint density at radius 3 is 2.80 bits per heavy atom. The first-order valence-electron chi connectivity index (χ1n) is 6.57. The molecule has 106 valence electrons. The Morgan fingerprint density at radius 1 is 1.35 bits per heavy atom. The zero-order valence-corrected chi connectivity index (χ0v) is 11.9. The maximum absolute atomic E-state index is 10.6. The monoisotopic (exact) mass is 274 g/mol. The number of hydrogen-bond acceptors (Lipinski definition) is 4. The lowest BCUT2D eigenvalue weighted by Gasteiger charge is -2.04. The number of rotatable bonds is 5. The quantitative estimate of drug-likeness (QED) is 0.907. The third-order valence-corrected chi connectivity index (χ3v) is 3.14. The second-order valence-corrected chi connectivity index (χ2v) is 5.23. The molecule has 5 nitrogen and oxygen atoms in total. The zero-order valence-electron chi connectivity index (χ0n) is 11.9. The van der Waals surface area contributed by atoms with Crippen molar-refractivity contribution >= 4 is 5.97 Å². The predicted octanol–water partition coefficient (Wildman–Crippen LogP) is 3.01. The summed E-state index contributed by atoms with van der Waals surface area (Å²) in [7, 11) is 0. The number of carbonyl (C=O) groups is 1. The number of hydrogen-bond donors (Lipinski definition) is 1. The van der Waals surface area contributed by atoms with Gasteiger partial charge in [0.1, 0.15) is 0 Å². The lowest BCUT2D eigenvalue weighted by atomic mass is 10.0. The molecule has 0 amide bonds. The fraction of sp³-hybridized carbons (Fsp3) is 0.400. The number of carboxylic acid groups (broad SMARTS) is 1. The van der Waals surface area contributed by atoms with Crippen LogP contribution in [0.25, 0.3) is 11.5 Å². The van der Waals surface area contributed by atoms with Crippen LogP contribution >= 0.6 is 0 Å². The largest absolute Gasteiger partial charge is 0.481 e. The number of carboxylic acids is 1. The lowest BCUT2D eigenvalue weighted by Crippen LogP contribution is -2.07. The van der Waals surface area contributed by atoms with E-state index in [2.05, 4.69) is 10.2 Å². The highest BCUT2D eigenvalue weighted by atomic mass is 16.4. The van der Waals surface area contributed by atoms with Gasteiger partial charge in [0.2, 0.25) is 11.8 Å². The summed E-state index contributed by atoms with van der Waals surface area (Å²) < 4.78 is 5.64. The number of benzene rings is 1. The van der Waals surface area contributed by atoms with Gasteiger partial charge >= 0.3 is 5.97 Å². The first-order chi connectivity index (χ1) is 9.45. The molecule has 2 aromatic rings. The van der Waals surface area contributed by atoms with Crippen LogP contribution in [0.2, 0.25) is 0 Å². The highest BCUT2D eigenvalue weighted by Gasteiger charge is 2.15. The van der Waals surface area contributed by atoms with Crippen molar-refractivity contribution in [3.63, 3.8) is 0 Å². The van der Waals surface area contributed by atoms with Crippen molar-refractivity contribution in [1.29, 1.82) is 0 Å². The van der Waals surface area contributed by atoms with Gasteiger partial charge in [0.15, 0.2) is 0 Å². The third kappa shape index (κ3) is 3.44. The molecule has 1 aromatic heterocycles. The summed E-state index contributed by atoms with van der Waals surface area (Å²) in [6.45, 7) is 5.86. The van der Waals surface area contributed by atoms with Crippen molar-refractivity contribution < 1.29 is 14.3 Å². The summed E-state index contributed by atoms with van der Waals surface area (Å²) >= 11 is 0. The summed E-state index contributed by atoms with van der Waals surface area (Å²) in [6.07, 6.45) is 0.575. The fourth-order valence-corrected chi connectivity index (χ4v) is 2.08. The van der Waals surface area contributed by atoms with Gasteiger partial charge in [-0.05, 0) is 31.4 Å². The molecule has 0 radical (unpaired) electrons. The molecular weight excluding hydrogens is 256 g/mol. The van der Waals surface area contributed by atoms with Gasteiger partial charge in [-0.25, -0.2) is 0 Å². The first kappa shape index (κ1) is 14.2. The molecule has 0 bridgehead atoms. The van der Waals surface area contributed by atoms with Gasteiger partial charge in [0.25, 0.3) is 0 Å². The molecule has 0 aliphatic rings. The van der Waals surface area contributed by atoms with Crippen molar-refractivity contribution in [2.75, 3.05) is 0 Å². The van der Waals surface area contributed by atoms with Crippen LogP contribution in [0.4, 0.5) is 0 Å². The topological polar surface area (TPSA) is 76.2 Å². The maximum Gasteiger partial charge on any atom is 0.303 e. The van der Waals surface area contributed by atoms with E-state index in [1.54, 1.807) is 0 Å². The van der Waals surface area contributed by atoms with Crippen molar-refractivity contribution in [2.24, 2.45) is 5.92 Å². The molecule has 1 N–H and O–H groups in total. The summed E-state index contributed by atoms with van der Waals surface area (Å²) in [6, 6.07) is 6.06. The van der Waals surface area contributed by atoms with Crippen molar-refractivity contribution in [3.8, 4) is 11.5 Å². The standard InChI is InChI=1S/C15H18N2O3/c1-9-4-5-11(3)12(6-9)15-17-16-13(20-15)7-10(2)8-14(18)19/h4-6,10H,7-8H2,1-3H3,(H,18,19). The van der Waals surface area contributed by atoms with E-state index >= 15 is 0 Å². The Kier molecular flexibility index (Phi) is 4.17. The van der Waals surface area contributed by atoms with Gasteiger partial charge in [-0.3, -0.25) is 4.79 Å². The van der Waals surface area contributed by atoms with Crippen LogP contribution in [-0.2, 0) is 11.2 Å². The maximum atomic E-state index is 10.6. The van der Waals surface area contributed by atoms with Gasteiger partial charge in [0.05, 0.1) is 0 Å². The minimum Gasteiger partial charge on any atom is -0.481 e. The number of aliphatic carboxylic acids is 1. The highest BCUT2D eigenvalue weighted by Crippen LogP contribution is 2.24.